The van der Waals surface area contributed by atoms with Crippen molar-refractivity contribution < 1.29 is 15.0 Å². The van der Waals surface area contributed by atoms with Crippen LogP contribution in [0.1, 0.15) is 0 Å². The number of piperazine rings is 1. The number of amides is 1. The molecular formula is C6H12N2O3. The van der Waals surface area contributed by atoms with E-state index < -0.39 is 6.23 Å². The van der Waals surface area contributed by atoms with Gasteiger partial charge in [0.05, 0.1) is 13.2 Å². The molecule has 0 aromatic carbocycles. The van der Waals surface area contributed by atoms with Crippen LogP contribution in [0.25, 0.3) is 0 Å². The number of carbonyl (C=O) groups is 1. The predicted octanol–water partition coefficient (Wildman–Crippen LogP) is -2.27. The van der Waals surface area contributed by atoms with Gasteiger partial charge < -0.3 is 15.5 Å². The summed E-state index contributed by atoms with van der Waals surface area (Å²) in [5, 5.41) is 19.9. The van der Waals surface area contributed by atoms with E-state index in [1.165, 1.54) is 0 Å². The molecule has 1 aliphatic rings. The van der Waals surface area contributed by atoms with Crippen molar-refractivity contribution in [2.24, 2.45) is 0 Å². The first kappa shape index (κ1) is 8.45. The molecule has 1 unspecified atom stereocenters. The van der Waals surface area contributed by atoms with Gasteiger partial charge >= 0.3 is 0 Å². The van der Waals surface area contributed by atoms with Gasteiger partial charge in [-0.2, -0.15) is 0 Å². The Bertz CT molecular complexity index is 151. The molecule has 0 aliphatic carbocycles. The first-order valence-corrected chi connectivity index (χ1v) is 3.53. The van der Waals surface area contributed by atoms with Crippen molar-refractivity contribution in [2.45, 2.75) is 6.23 Å². The first-order valence-electron chi connectivity index (χ1n) is 3.53. The van der Waals surface area contributed by atoms with E-state index in [1.807, 2.05) is 0 Å². The minimum absolute atomic E-state index is 0.0139. The summed E-state index contributed by atoms with van der Waals surface area (Å²) in [5.74, 6) is -0.197. The van der Waals surface area contributed by atoms with E-state index in [1.54, 1.807) is 4.90 Å². The lowest BCUT2D eigenvalue weighted by atomic mass is 10.3. The van der Waals surface area contributed by atoms with Gasteiger partial charge in [-0.15, -0.1) is 0 Å². The van der Waals surface area contributed by atoms with Crippen LogP contribution in [-0.4, -0.2) is 53.5 Å². The first-order chi connectivity index (χ1) is 5.22. The average Bonchev–Trinajstić information content (AvgIpc) is 1.85. The second-order valence-corrected chi connectivity index (χ2v) is 2.54. The van der Waals surface area contributed by atoms with Crippen LogP contribution in [0.15, 0.2) is 0 Å². The van der Waals surface area contributed by atoms with Crippen molar-refractivity contribution in [3.8, 4) is 0 Å². The van der Waals surface area contributed by atoms with Crippen LogP contribution < -0.4 is 5.32 Å². The monoisotopic (exact) mass is 160 g/mol. The molecule has 1 fully saturated rings. The number of nitrogens with zero attached hydrogens (tertiary/aromatic N) is 1. The Hall–Kier alpha value is -0.650. The number of rotatable bonds is 2. The Labute approximate surface area is 64.6 Å². The largest absolute Gasteiger partial charge is 0.395 e. The molecule has 11 heavy (non-hydrogen) atoms. The van der Waals surface area contributed by atoms with Crippen LogP contribution in [0, 0.1) is 0 Å². The SMILES string of the molecule is O=C1CN(CCO)CC(O)N1. The van der Waals surface area contributed by atoms with Gasteiger partial charge in [-0.3, -0.25) is 9.69 Å². The zero-order chi connectivity index (χ0) is 8.27. The summed E-state index contributed by atoms with van der Waals surface area (Å²) >= 11 is 0. The number of nitrogens with one attached hydrogen (secondary N) is 1. The molecule has 5 nitrogen and oxygen atoms in total. The number of aliphatic hydroxyl groups is 2. The van der Waals surface area contributed by atoms with Gasteiger partial charge in [0, 0.05) is 13.1 Å². The molecule has 0 spiro atoms. The van der Waals surface area contributed by atoms with Crippen LogP contribution in [0.3, 0.4) is 0 Å². The Morgan fingerprint density at radius 1 is 1.73 bits per heavy atom. The minimum atomic E-state index is -0.789. The summed E-state index contributed by atoms with van der Waals surface area (Å²) in [5.41, 5.74) is 0. The second kappa shape index (κ2) is 3.66. The number of aliphatic hydroxyl groups excluding tert-OH is 2. The normalized spacial score (nSPS) is 26.7. The predicted molar refractivity (Wildman–Crippen MR) is 37.7 cm³/mol. The van der Waals surface area contributed by atoms with E-state index in [0.717, 1.165) is 0 Å². The molecular weight excluding hydrogens is 148 g/mol. The lowest BCUT2D eigenvalue weighted by molar-refractivity contribution is -0.130. The summed E-state index contributed by atoms with van der Waals surface area (Å²) in [4.78, 5) is 12.5. The van der Waals surface area contributed by atoms with Crippen LogP contribution in [-0.2, 0) is 4.79 Å². The van der Waals surface area contributed by atoms with E-state index in [0.29, 0.717) is 13.1 Å². The second-order valence-electron chi connectivity index (χ2n) is 2.54. The number of β-amino-alcohol motifs (C(OH)–C–C–N with tert-alkyl or cyclic N) is 2. The maximum Gasteiger partial charge on any atom is 0.236 e. The lowest BCUT2D eigenvalue weighted by Crippen LogP contribution is -2.54. The van der Waals surface area contributed by atoms with E-state index in [-0.39, 0.29) is 19.1 Å². The summed E-state index contributed by atoms with van der Waals surface area (Å²) < 4.78 is 0. The van der Waals surface area contributed by atoms with E-state index >= 15 is 0 Å². The van der Waals surface area contributed by atoms with Crippen molar-refractivity contribution in [2.75, 3.05) is 26.2 Å². The molecule has 1 saturated heterocycles. The maximum absolute atomic E-state index is 10.8. The fourth-order valence-electron chi connectivity index (χ4n) is 1.10. The van der Waals surface area contributed by atoms with Gasteiger partial charge in [-0.25, -0.2) is 0 Å². The summed E-state index contributed by atoms with van der Waals surface area (Å²) in [7, 11) is 0. The molecule has 1 aliphatic heterocycles. The molecule has 0 bridgehead atoms. The fourth-order valence-corrected chi connectivity index (χ4v) is 1.10. The van der Waals surface area contributed by atoms with Crippen LogP contribution in [0.5, 0.6) is 0 Å². The summed E-state index contributed by atoms with van der Waals surface area (Å²) in [6, 6.07) is 0. The molecule has 3 N–H and O–H groups in total. The molecule has 0 aromatic rings. The molecule has 64 valence electrons. The summed E-state index contributed by atoms with van der Waals surface area (Å²) in [6.45, 7) is 1.11. The van der Waals surface area contributed by atoms with Gasteiger partial charge in [0.1, 0.15) is 6.23 Å². The van der Waals surface area contributed by atoms with Crippen LogP contribution >= 0.6 is 0 Å². The van der Waals surface area contributed by atoms with Gasteiger partial charge in [0.25, 0.3) is 0 Å². The third-order valence-corrected chi connectivity index (χ3v) is 1.54. The van der Waals surface area contributed by atoms with E-state index in [9.17, 15) is 4.79 Å². The Balaban J connectivity index is 2.36. The zero-order valence-electron chi connectivity index (χ0n) is 6.16. The molecule has 1 rings (SSSR count). The number of hydrogen-bond donors (Lipinski definition) is 3. The van der Waals surface area contributed by atoms with Crippen molar-refractivity contribution in [3.05, 3.63) is 0 Å². The number of carbonyl (C=O) groups excluding carboxylic acids is 1. The average molecular weight is 160 g/mol. The Morgan fingerprint density at radius 3 is 3.00 bits per heavy atom. The Kier molecular flexibility index (Phi) is 2.81. The summed E-state index contributed by atoms with van der Waals surface area (Å²) in [6.07, 6.45) is -0.789. The third kappa shape index (κ3) is 2.45. The highest BCUT2D eigenvalue weighted by Crippen LogP contribution is 1.95. The number of hydrogen-bond acceptors (Lipinski definition) is 4. The van der Waals surface area contributed by atoms with Crippen LogP contribution in [0.2, 0.25) is 0 Å². The highest BCUT2D eigenvalue weighted by Gasteiger charge is 2.21. The minimum Gasteiger partial charge on any atom is -0.395 e. The molecule has 0 saturated carbocycles. The van der Waals surface area contributed by atoms with Gasteiger partial charge in [0.2, 0.25) is 5.91 Å². The molecule has 0 radical (unpaired) electrons. The molecule has 1 amide bonds. The van der Waals surface area contributed by atoms with Gasteiger partial charge in [0.15, 0.2) is 0 Å². The van der Waals surface area contributed by atoms with Crippen LogP contribution in [0.4, 0.5) is 0 Å². The molecule has 1 heterocycles. The highest BCUT2D eigenvalue weighted by molar-refractivity contribution is 5.78. The van der Waals surface area contributed by atoms with Crippen molar-refractivity contribution >= 4 is 5.91 Å². The highest BCUT2D eigenvalue weighted by atomic mass is 16.3. The lowest BCUT2D eigenvalue weighted by Gasteiger charge is -2.29. The zero-order valence-corrected chi connectivity index (χ0v) is 6.16. The van der Waals surface area contributed by atoms with E-state index in [2.05, 4.69) is 5.32 Å². The quantitative estimate of drug-likeness (QED) is 0.426. The molecule has 0 aromatic heterocycles. The molecule has 5 heteroatoms. The van der Waals surface area contributed by atoms with Crippen molar-refractivity contribution in [1.29, 1.82) is 0 Å². The smallest absolute Gasteiger partial charge is 0.236 e. The van der Waals surface area contributed by atoms with Gasteiger partial charge in [-0.05, 0) is 0 Å². The van der Waals surface area contributed by atoms with Crippen molar-refractivity contribution in [3.63, 3.8) is 0 Å². The van der Waals surface area contributed by atoms with E-state index in [4.69, 9.17) is 10.2 Å². The fraction of sp³-hybridized carbons (Fsp3) is 0.833. The molecule has 1 atom stereocenters. The van der Waals surface area contributed by atoms with Gasteiger partial charge in [-0.1, -0.05) is 0 Å². The Morgan fingerprint density at radius 2 is 2.45 bits per heavy atom. The maximum atomic E-state index is 10.8. The van der Waals surface area contributed by atoms with Crippen molar-refractivity contribution in [1.82, 2.24) is 10.2 Å². The third-order valence-electron chi connectivity index (χ3n) is 1.54. The standard InChI is InChI=1S/C6H12N2O3/c9-2-1-8-3-5(10)7-6(11)4-8/h5,9-10H,1-4H2,(H,7,11). The topological polar surface area (TPSA) is 72.8 Å².